The van der Waals surface area contributed by atoms with E-state index in [1.54, 1.807) is 6.26 Å². The van der Waals surface area contributed by atoms with Crippen LogP contribution in [-0.4, -0.2) is 30.3 Å². The molecule has 0 unspecified atom stereocenters. The average Bonchev–Trinajstić information content (AvgIpc) is 2.97. The number of carbonyl (C=O) groups excluding carboxylic acids is 1. The fraction of sp³-hybridized carbons (Fsp3) is 0.750. The van der Waals surface area contributed by atoms with Crippen molar-refractivity contribution in [2.45, 2.75) is 63.9 Å². The van der Waals surface area contributed by atoms with Crippen LogP contribution in [0.25, 0.3) is 0 Å². The molecule has 7 atom stereocenters. The van der Waals surface area contributed by atoms with E-state index < -0.39 is 0 Å². The van der Waals surface area contributed by atoms with Crippen LogP contribution in [0.3, 0.4) is 0 Å². The van der Waals surface area contributed by atoms with Crippen molar-refractivity contribution in [1.29, 1.82) is 0 Å². The minimum atomic E-state index is -0.0528. The zero-order valence-electron chi connectivity index (χ0n) is 15.1. The van der Waals surface area contributed by atoms with Crippen molar-refractivity contribution in [3.8, 4) is 0 Å². The summed E-state index contributed by atoms with van der Waals surface area (Å²) in [6.07, 6.45) is 6.62. The van der Waals surface area contributed by atoms with Crippen molar-refractivity contribution < 1.29 is 24.0 Å². The van der Waals surface area contributed by atoms with Gasteiger partial charge in [-0.1, -0.05) is 20.3 Å². The molecular formula is C20H28NO4+. The van der Waals surface area contributed by atoms with E-state index in [4.69, 9.17) is 13.9 Å². The van der Waals surface area contributed by atoms with Gasteiger partial charge in [0, 0.05) is 11.3 Å². The monoisotopic (exact) mass is 346 g/mol. The summed E-state index contributed by atoms with van der Waals surface area (Å²) >= 11 is 0. The Morgan fingerprint density at radius 2 is 2.28 bits per heavy atom. The number of fused-ring (bicyclic) bond motifs is 2. The number of esters is 1. The molecule has 136 valence electrons. The van der Waals surface area contributed by atoms with E-state index in [0.717, 1.165) is 25.3 Å². The molecule has 2 aliphatic carbocycles. The van der Waals surface area contributed by atoms with Crippen LogP contribution in [0.5, 0.6) is 0 Å². The highest BCUT2D eigenvalue weighted by molar-refractivity contribution is 5.76. The van der Waals surface area contributed by atoms with Gasteiger partial charge in [0.1, 0.15) is 24.2 Å². The molecule has 0 bridgehead atoms. The van der Waals surface area contributed by atoms with Crippen LogP contribution in [0.15, 0.2) is 22.8 Å². The van der Waals surface area contributed by atoms with Crippen molar-refractivity contribution in [3.63, 3.8) is 0 Å². The Hall–Kier alpha value is -1.33. The molecule has 4 fully saturated rings. The highest BCUT2D eigenvalue weighted by atomic mass is 16.6. The predicted molar refractivity (Wildman–Crippen MR) is 89.4 cm³/mol. The zero-order valence-corrected chi connectivity index (χ0v) is 15.1. The zero-order chi connectivity index (χ0) is 17.2. The molecule has 2 saturated heterocycles. The maximum Gasteiger partial charge on any atom is 0.315 e. The molecule has 1 aromatic heterocycles. The van der Waals surface area contributed by atoms with Crippen LogP contribution in [0.1, 0.15) is 45.3 Å². The number of nitrogens with two attached hydrogens (primary N) is 1. The van der Waals surface area contributed by atoms with Gasteiger partial charge in [0.05, 0.1) is 18.9 Å². The van der Waals surface area contributed by atoms with Crippen LogP contribution in [-0.2, 0) is 20.8 Å². The first-order chi connectivity index (χ1) is 12.1. The molecule has 4 aliphatic rings. The Morgan fingerprint density at radius 1 is 1.40 bits per heavy atom. The summed E-state index contributed by atoms with van der Waals surface area (Å²) in [4.78, 5) is 12.6. The molecule has 3 heterocycles. The van der Waals surface area contributed by atoms with E-state index >= 15 is 0 Å². The van der Waals surface area contributed by atoms with Crippen molar-refractivity contribution in [2.24, 2.45) is 23.2 Å². The van der Waals surface area contributed by atoms with Crippen LogP contribution >= 0.6 is 0 Å². The summed E-state index contributed by atoms with van der Waals surface area (Å²) in [5.41, 5.74) is 0.170. The number of furan rings is 1. The van der Waals surface area contributed by atoms with Crippen LogP contribution in [0.2, 0.25) is 0 Å². The topological polar surface area (TPSA) is 68.6 Å². The lowest BCUT2D eigenvalue weighted by Crippen LogP contribution is -2.84. The van der Waals surface area contributed by atoms with Crippen molar-refractivity contribution >= 4 is 5.97 Å². The molecule has 1 aromatic rings. The summed E-state index contributed by atoms with van der Waals surface area (Å²) in [6, 6.07) is 3.87. The number of carbonyl (C=O) groups is 1. The fourth-order valence-corrected chi connectivity index (χ4v) is 6.33. The van der Waals surface area contributed by atoms with Gasteiger partial charge in [0.15, 0.2) is 5.76 Å². The number of ether oxygens (including phenoxy) is 2. The number of quaternary nitrogens is 1. The number of hydrogen-bond donors (Lipinski definition) is 1. The molecule has 1 spiro atoms. The Bertz CT molecular complexity index is 673. The first kappa shape index (κ1) is 15.9. The smallest absolute Gasteiger partial charge is 0.315 e. The molecular weight excluding hydrogens is 318 g/mol. The van der Waals surface area contributed by atoms with Crippen molar-refractivity contribution in [1.82, 2.24) is 0 Å². The van der Waals surface area contributed by atoms with Gasteiger partial charge in [-0.15, -0.1) is 0 Å². The normalized spacial score (nSPS) is 47.6. The highest BCUT2D eigenvalue weighted by Gasteiger charge is 2.78. The lowest BCUT2D eigenvalue weighted by Gasteiger charge is -2.48. The van der Waals surface area contributed by atoms with Gasteiger partial charge < -0.3 is 19.2 Å². The van der Waals surface area contributed by atoms with Crippen LogP contribution in [0, 0.1) is 23.2 Å². The molecule has 0 amide bonds. The maximum atomic E-state index is 12.6. The molecule has 0 radical (unpaired) electrons. The van der Waals surface area contributed by atoms with Crippen LogP contribution < -0.4 is 5.32 Å². The second-order valence-electron chi connectivity index (χ2n) is 8.86. The van der Waals surface area contributed by atoms with Gasteiger partial charge in [-0.2, -0.15) is 0 Å². The first-order valence-corrected chi connectivity index (χ1v) is 9.77. The number of rotatable bonds is 4. The van der Waals surface area contributed by atoms with Crippen molar-refractivity contribution in [2.75, 3.05) is 6.54 Å². The molecule has 2 saturated carbocycles. The minimum Gasteiger partial charge on any atom is -0.463 e. The summed E-state index contributed by atoms with van der Waals surface area (Å²) < 4.78 is 17.7. The van der Waals surface area contributed by atoms with E-state index in [-0.39, 0.29) is 41.0 Å². The SMILES string of the molecule is C[C@H]1CCC[C@]2(C)C[C@H]3OC(=O)[C@H](C[NH2+]Cc4ccco4)[C@H]3[C@@H]3O[C@@]132. The van der Waals surface area contributed by atoms with Gasteiger partial charge >= 0.3 is 5.97 Å². The quantitative estimate of drug-likeness (QED) is 0.667. The third-order valence-electron chi connectivity index (χ3n) is 7.54. The summed E-state index contributed by atoms with van der Waals surface area (Å²) in [7, 11) is 0. The van der Waals surface area contributed by atoms with Crippen LogP contribution in [0.4, 0.5) is 0 Å². The van der Waals surface area contributed by atoms with E-state index in [2.05, 4.69) is 19.2 Å². The van der Waals surface area contributed by atoms with E-state index in [1.807, 2.05) is 12.1 Å². The Labute approximate surface area is 148 Å². The minimum absolute atomic E-state index is 0.000339. The molecule has 25 heavy (non-hydrogen) atoms. The highest BCUT2D eigenvalue weighted by Crippen LogP contribution is 2.70. The summed E-state index contributed by atoms with van der Waals surface area (Å²) in [6.45, 7) is 6.22. The summed E-state index contributed by atoms with van der Waals surface area (Å²) in [5, 5.41) is 2.17. The molecule has 5 rings (SSSR count). The Kier molecular flexibility index (Phi) is 3.39. The molecule has 2 N–H and O–H groups in total. The molecule has 0 aromatic carbocycles. The largest absolute Gasteiger partial charge is 0.463 e. The fourth-order valence-electron chi connectivity index (χ4n) is 6.33. The average molecular weight is 346 g/mol. The third-order valence-corrected chi connectivity index (χ3v) is 7.54. The van der Waals surface area contributed by atoms with Gasteiger partial charge in [0.25, 0.3) is 0 Å². The lowest BCUT2D eigenvalue weighted by molar-refractivity contribution is -0.676. The molecule has 5 nitrogen and oxygen atoms in total. The van der Waals surface area contributed by atoms with E-state index in [9.17, 15) is 4.79 Å². The second-order valence-corrected chi connectivity index (χ2v) is 8.86. The standard InChI is InChI=1S/C20H27NO4/c1-12-5-3-7-19(2)9-15-16(17-20(12,19)25-17)14(18(22)24-15)11-21-10-13-6-4-8-23-13/h4,6,8,12,14-17,21H,3,5,7,9-11H2,1-2H3/p+1/t12-,14+,15+,16+,17-,19+,20-/m0/s1. The van der Waals surface area contributed by atoms with Gasteiger partial charge in [-0.25, -0.2) is 0 Å². The van der Waals surface area contributed by atoms with Gasteiger partial charge in [-0.05, 0) is 37.3 Å². The molecule has 5 heteroatoms. The number of epoxide rings is 1. The number of hydrogen-bond acceptors (Lipinski definition) is 4. The van der Waals surface area contributed by atoms with Gasteiger partial charge in [-0.3, -0.25) is 4.79 Å². The van der Waals surface area contributed by atoms with Crippen molar-refractivity contribution in [3.05, 3.63) is 24.2 Å². The third kappa shape index (κ3) is 2.12. The lowest BCUT2D eigenvalue weighted by atomic mass is 9.53. The predicted octanol–water partition coefficient (Wildman–Crippen LogP) is 1.87. The summed E-state index contributed by atoms with van der Waals surface area (Å²) in [5.74, 6) is 1.68. The Morgan fingerprint density at radius 3 is 3.08 bits per heavy atom. The second kappa shape index (κ2) is 5.34. The van der Waals surface area contributed by atoms with E-state index in [0.29, 0.717) is 5.92 Å². The van der Waals surface area contributed by atoms with Gasteiger partial charge in [0.2, 0.25) is 0 Å². The molecule has 2 aliphatic heterocycles. The maximum absolute atomic E-state index is 12.6. The van der Waals surface area contributed by atoms with E-state index in [1.165, 1.54) is 19.3 Å². The Balaban J connectivity index is 1.33. The first-order valence-electron chi connectivity index (χ1n) is 9.77.